The van der Waals surface area contributed by atoms with Crippen molar-refractivity contribution in [2.45, 2.75) is 225 Å². The van der Waals surface area contributed by atoms with Gasteiger partial charge in [-0.25, -0.2) is 0 Å². The summed E-state index contributed by atoms with van der Waals surface area (Å²) in [4.78, 5) is 8.49. The van der Waals surface area contributed by atoms with Crippen molar-refractivity contribution in [3.63, 3.8) is 0 Å². The van der Waals surface area contributed by atoms with Crippen LogP contribution in [0.5, 0.6) is 0 Å². The first-order chi connectivity index (χ1) is 37.9. The van der Waals surface area contributed by atoms with Gasteiger partial charge in [0.05, 0.1) is 11.2 Å². The number of aryl methyl sites for hydroxylation is 1. The molecule has 1 saturated carbocycles. The molecule has 7 aromatic rings. The molecule has 0 bridgehead atoms. The minimum atomic E-state index is -0.141. The molecule has 2 unspecified atom stereocenters. The van der Waals surface area contributed by atoms with Crippen molar-refractivity contribution in [1.82, 2.24) is 0 Å². The van der Waals surface area contributed by atoms with Gasteiger partial charge >= 0.3 is 0 Å². The van der Waals surface area contributed by atoms with Gasteiger partial charge in [-0.15, -0.1) is 0 Å². The molecule has 0 radical (unpaired) electrons. The molecule has 0 N–H and O–H groups in total. The Bertz CT molecular complexity index is 3840. The van der Waals surface area contributed by atoms with Gasteiger partial charge in [-0.3, -0.25) is 0 Å². The minimum absolute atomic E-state index is 0.00610. The summed E-state index contributed by atoms with van der Waals surface area (Å²) in [5, 5.41) is 0. The average Bonchev–Trinajstić information content (AvgIpc) is 4.09. The zero-order valence-corrected chi connectivity index (χ0v) is 52.6. The van der Waals surface area contributed by atoms with Crippen LogP contribution in [0.3, 0.4) is 0 Å². The molecule has 14 rings (SSSR count). The van der Waals surface area contributed by atoms with Crippen LogP contribution in [-0.2, 0) is 43.3 Å². The zero-order valence-electron chi connectivity index (χ0n) is 52.6. The van der Waals surface area contributed by atoms with E-state index in [9.17, 15) is 0 Å². The molecule has 1 fully saturated rings. The highest BCUT2D eigenvalue weighted by Crippen LogP contribution is 2.63. The lowest BCUT2D eigenvalue weighted by Crippen LogP contribution is -2.62. The fraction of sp³-hybridized carbons (Fsp3) is 0.455. The lowest BCUT2D eigenvalue weighted by atomic mass is 9.33. The Morgan fingerprint density at radius 1 is 0.407 bits per heavy atom. The van der Waals surface area contributed by atoms with E-state index in [1.54, 1.807) is 0 Å². The summed E-state index contributed by atoms with van der Waals surface area (Å²) in [6, 6.07) is 50.0. The maximum absolute atomic E-state index is 2.86. The van der Waals surface area contributed by atoms with Crippen LogP contribution in [0, 0.1) is 6.92 Å². The topological polar surface area (TPSA) is 9.72 Å². The standard InChI is InChI=1S/C77H90BN3/c1-47-36-53-57(74(13,14)45-72(53,9)10)42-63(47)80-65-43-56-54(70(5,6)34-35-71(56,7)8)40-59(65)78-60-41-55-58(75(15,16)46-73(55,11)12)44-64(60)79(61-31-30-49(69(2,3)4)37-51(61)48-26-20-19-21-27-48)66-38-50(39-67(80)68(66)78)81-62-29-23-22-28-52(62)76(17)32-24-25-33-77(76,81)18/h19-23,26-31,36-44H,24-25,32-35,45-46H2,1-18H3. The lowest BCUT2D eigenvalue weighted by Gasteiger charge is -2.51. The number of hydrogen-bond donors (Lipinski definition) is 0. The van der Waals surface area contributed by atoms with Crippen LogP contribution >= 0.6 is 0 Å². The molecule has 0 saturated heterocycles. The normalized spacial score (nSPS) is 24.1. The summed E-state index contributed by atoms with van der Waals surface area (Å²) < 4.78 is 0. The fourth-order valence-corrected chi connectivity index (χ4v) is 18.7. The molecule has 4 aliphatic carbocycles. The van der Waals surface area contributed by atoms with Gasteiger partial charge in [0.1, 0.15) is 0 Å². The quantitative estimate of drug-likeness (QED) is 0.163. The Morgan fingerprint density at radius 2 is 0.889 bits per heavy atom. The fourth-order valence-electron chi connectivity index (χ4n) is 18.7. The second-order valence-corrected chi connectivity index (χ2v) is 32.3. The molecule has 0 aromatic heterocycles. The van der Waals surface area contributed by atoms with Crippen LogP contribution in [0.2, 0.25) is 0 Å². The number of anilines is 8. The number of para-hydroxylation sites is 1. The van der Waals surface area contributed by atoms with Gasteiger partial charge in [0.25, 0.3) is 6.71 Å². The number of benzene rings is 7. The summed E-state index contributed by atoms with van der Waals surface area (Å²) >= 11 is 0. The molecule has 2 atom stereocenters. The van der Waals surface area contributed by atoms with Gasteiger partial charge in [0.15, 0.2) is 0 Å². The first-order valence-electron chi connectivity index (χ1n) is 31.3. The van der Waals surface area contributed by atoms with Crippen LogP contribution < -0.4 is 31.1 Å². The predicted molar refractivity (Wildman–Crippen MR) is 349 cm³/mol. The largest absolute Gasteiger partial charge is 0.334 e. The molecule has 0 amide bonds. The summed E-state index contributed by atoms with van der Waals surface area (Å²) in [6.45, 7) is 44.9. The van der Waals surface area contributed by atoms with Gasteiger partial charge < -0.3 is 14.7 Å². The second-order valence-electron chi connectivity index (χ2n) is 32.3. The Hall–Kier alpha value is -6.00. The van der Waals surface area contributed by atoms with Gasteiger partial charge in [-0.1, -0.05) is 196 Å². The SMILES string of the molecule is Cc1cc2c(cc1N1c3cc4c(cc3B3c5cc6c(cc5N(c5ccc(C(C)(C)C)cc5-c5ccccc5)c5cc(N7c8ccccc8C8(C)CCCCC78C)cc1c53)C(C)(C)CC6(C)C)C(C)(C)CCC4(C)C)C(C)(C)CC2(C)C. The van der Waals surface area contributed by atoms with Crippen molar-refractivity contribution in [2.75, 3.05) is 14.7 Å². The molecular formula is C77H90BN3. The summed E-state index contributed by atoms with van der Waals surface area (Å²) in [5.41, 5.74) is 30.5. The van der Waals surface area contributed by atoms with E-state index in [0.717, 1.165) is 19.3 Å². The Labute approximate surface area is 488 Å². The number of rotatable bonds is 4. The lowest BCUT2D eigenvalue weighted by molar-refractivity contribution is 0.195. The van der Waals surface area contributed by atoms with Crippen molar-refractivity contribution in [1.29, 1.82) is 0 Å². The van der Waals surface area contributed by atoms with E-state index < -0.39 is 0 Å². The van der Waals surface area contributed by atoms with Gasteiger partial charge in [0, 0.05) is 50.8 Å². The van der Waals surface area contributed by atoms with E-state index in [1.807, 2.05) is 0 Å². The van der Waals surface area contributed by atoms with Crippen LogP contribution in [0.1, 0.15) is 219 Å². The highest BCUT2D eigenvalue weighted by Gasteiger charge is 2.59. The Morgan fingerprint density at radius 3 is 1.47 bits per heavy atom. The van der Waals surface area contributed by atoms with Gasteiger partial charge in [-0.2, -0.15) is 0 Å². The average molecular weight is 1070 g/mol. The maximum Gasteiger partial charge on any atom is 0.252 e. The highest BCUT2D eigenvalue weighted by atomic mass is 15.3. The third-order valence-electron chi connectivity index (χ3n) is 22.9. The first kappa shape index (κ1) is 53.0. The van der Waals surface area contributed by atoms with Gasteiger partial charge in [0.2, 0.25) is 0 Å². The number of nitrogens with zero attached hydrogens (tertiary/aromatic N) is 3. The first-order valence-corrected chi connectivity index (χ1v) is 31.3. The van der Waals surface area contributed by atoms with Crippen molar-refractivity contribution in [2.24, 2.45) is 0 Å². The molecule has 3 heterocycles. The van der Waals surface area contributed by atoms with Crippen LogP contribution in [0.4, 0.5) is 45.5 Å². The molecule has 0 spiro atoms. The third-order valence-corrected chi connectivity index (χ3v) is 22.9. The molecular weight excluding hydrogens is 978 g/mol. The Balaban J connectivity index is 1.18. The smallest absolute Gasteiger partial charge is 0.252 e. The summed E-state index contributed by atoms with van der Waals surface area (Å²) in [7, 11) is 0. The molecule has 7 aliphatic rings. The van der Waals surface area contributed by atoms with E-state index in [2.05, 4.69) is 261 Å². The van der Waals surface area contributed by atoms with Crippen LogP contribution in [0.25, 0.3) is 11.1 Å². The molecule has 7 aromatic carbocycles. The summed E-state index contributed by atoms with van der Waals surface area (Å²) in [6.07, 6.45) is 9.39. The third kappa shape index (κ3) is 7.32. The second kappa shape index (κ2) is 16.6. The van der Waals surface area contributed by atoms with E-state index >= 15 is 0 Å². The van der Waals surface area contributed by atoms with Gasteiger partial charge in [-0.05, 0) is 211 Å². The van der Waals surface area contributed by atoms with Crippen molar-refractivity contribution < 1.29 is 0 Å². The number of fused-ring (bicyclic) bond motifs is 10. The molecule has 3 nitrogen and oxygen atoms in total. The monoisotopic (exact) mass is 1070 g/mol. The van der Waals surface area contributed by atoms with E-state index in [1.165, 1.54) is 155 Å². The maximum atomic E-state index is 2.86. The zero-order chi connectivity index (χ0) is 57.3. The molecule has 81 heavy (non-hydrogen) atoms. The minimum Gasteiger partial charge on any atom is -0.334 e. The highest BCUT2D eigenvalue weighted by molar-refractivity contribution is 7.00. The van der Waals surface area contributed by atoms with E-state index in [0.29, 0.717) is 0 Å². The Kier molecular flexibility index (Phi) is 10.9. The number of hydrogen-bond acceptors (Lipinski definition) is 3. The molecule has 416 valence electrons. The molecule has 4 heteroatoms. The van der Waals surface area contributed by atoms with Crippen molar-refractivity contribution in [3.8, 4) is 11.1 Å². The van der Waals surface area contributed by atoms with Crippen LogP contribution in [-0.4, -0.2) is 12.3 Å². The van der Waals surface area contributed by atoms with E-state index in [-0.39, 0.29) is 55.6 Å². The van der Waals surface area contributed by atoms with Crippen molar-refractivity contribution in [3.05, 3.63) is 171 Å². The van der Waals surface area contributed by atoms with E-state index in [4.69, 9.17) is 0 Å². The summed E-state index contributed by atoms with van der Waals surface area (Å²) in [5.74, 6) is 0. The molecule has 3 aliphatic heterocycles. The van der Waals surface area contributed by atoms with Crippen LogP contribution in [0.15, 0.2) is 121 Å². The van der Waals surface area contributed by atoms with Crippen molar-refractivity contribution >= 4 is 68.6 Å². The predicted octanol–water partition coefficient (Wildman–Crippen LogP) is 19.1.